The first-order valence-electron chi connectivity index (χ1n) is 1.76. The van der Waals surface area contributed by atoms with E-state index in [1.165, 1.54) is 0 Å². The first-order chi connectivity index (χ1) is 3.41. The van der Waals surface area contributed by atoms with Crippen molar-refractivity contribution >= 4 is 19.4 Å². The summed E-state index contributed by atoms with van der Waals surface area (Å²) >= 11 is 5.00. The van der Waals surface area contributed by atoms with Crippen LogP contribution in [0.15, 0.2) is 0 Å². The minimum atomic E-state index is -4.64. The summed E-state index contributed by atoms with van der Waals surface area (Å²) < 4.78 is 8.88. The van der Waals surface area contributed by atoms with E-state index in [1.807, 2.05) is 6.92 Å². The second-order valence-electron chi connectivity index (χ2n) is 0.781. The molecule has 3 N–H and O–H groups in total. The van der Waals surface area contributed by atoms with E-state index in [0.29, 0.717) is 0 Å². The summed E-state index contributed by atoms with van der Waals surface area (Å²) in [5.74, 6) is 0.722. The zero-order valence-corrected chi connectivity index (χ0v) is 8.93. The number of hydrogen-bond acceptors (Lipinski definition) is 1. The van der Waals surface area contributed by atoms with Crippen molar-refractivity contribution in [2.24, 2.45) is 0 Å². The van der Waals surface area contributed by atoms with Crippen molar-refractivity contribution in [2.75, 3.05) is 5.88 Å². The van der Waals surface area contributed by atoms with Crippen molar-refractivity contribution in [3.63, 3.8) is 0 Å². The third kappa shape index (κ3) is 263. The molecule has 54 valence electrons. The Labute approximate surface area is 82.2 Å². The Kier molecular flexibility index (Phi) is 17.5. The average Bonchev–Trinajstić information content (AvgIpc) is 1.27. The van der Waals surface area contributed by atoms with Crippen LogP contribution in [0.2, 0.25) is 0 Å². The van der Waals surface area contributed by atoms with Gasteiger partial charge in [0.25, 0.3) is 0 Å². The van der Waals surface area contributed by atoms with Crippen molar-refractivity contribution < 1.29 is 50.2 Å². The number of alkyl halides is 1. The van der Waals surface area contributed by atoms with Gasteiger partial charge in [-0.15, -0.1) is 11.6 Å². The summed E-state index contributed by atoms with van der Waals surface area (Å²) in [4.78, 5) is 21.6. The van der Waals surface area contributed by atoms with Crippen LogP contribution in [0.3, 0.4) is 0 Å². The summed E-state index contributed by atoms with van der Waals surface area (Å²) in [6, 6.07) is 0. The molecule has 0 atom stereocenters. The Morgan fingerprint density at radius 2 is 1.56 bits per heavy atom. The molecule has 9 heavy (non-hydrogen) atoms. The first kappa shape index (κ1) is 16.8. The fourth-order valence-corrected chi connectivity index (χ4v) is 0. The van der Waals surface area contributed by atoms with Crippen LogP contribution in [0.4, 0.5) is 0 Å². The van der Waals surface area contributed by atoms with E-state index in [2.05, 4.69) is 0 Å². The molecule has 0 aromatic rings. The molecule has 4 nitrogen and oxygen atoms in total. The van der Waals surface area contributed by atoms with Gasteiger partial charge in [-0.05, 0) is 0 Å². The molecule has 0 aliphatic carbocycles. The Hall–Kier alpha value is 1.40. The second-order valence-corrected chi connectivity index (χ2v) is 2.34. The van der Waals surface area contributed by atoms with Gasteiger partial charge in [-0.2, -0.15) is 0 Å². The van der Waals surface area contributed by atoms with E-state index in [1.54, 1.807) is 0 Å². The molecular formula is C2H9ClNaO4P. The summed E-state index contributed by atoms with van der Waals surface area (Å²) in [5, 5.41) is 0. The minimum Gasteiger partial charge on any atom is -1.00 e. The van der Waals surface area contributed by atoms with Gasteiger partial charge in [-0.25, -0.2) is 4.57 Å². The summed E-state index contributed by atoms with van der Waals surface area (Å²) in [6.45, 7) is 1.89. The van der Waals surface area contributed by atoms with Gasteiger partial charge in [0.05, 0.1) is 0 Å². The maximum absolute atomic E-state index is 8.88. The summed E-state index contributed by atoms with van der Waals surface area (Å²) in [6.07, 6.45) is 0. The van der Waals surface area contributed by atoms with E-state index in [-0.39, 0.29) is 31.0 Å². The molecule has 0 aromatic heterocycles. The van der Waals surface area contributed by atoms with Crippen molar-refractivity contribution in [3.05, 3.63) is 0 Å². The number of hydrogen-bond donors (Lipinski definition) is 3. The molecule has 0 radical (unpaired) electrons. The van der Waals surface area contributed by atoms with E-state index < -0.39 is 7.82 Å². The van der Waals surface area contributed by atoms with Crippen molar-refractivity contribution in [3.8, 4) is 0 Å². The maximum Gasteiger partial charge on any atom is 1.00 e. The van der Waals surface area contributed by atoms with Crippen molar-refractivity contribution in [1.82, 2.24) is 0 Å². The molecule has 0 fully saturated rings. The quantitative estimate of drug-likeness (QED) is 0.221. The molecule has 0 saturated heterocycles. The molecule has 7 heteroatoms. The fraction of sp³-hybridized carbons (Fsp3) is 1.00. The van der Waals surface area contributed by atoms with Gasteiger partial charge in [0.1, 0.15) is 0 Å². The smallest absolute Gasteiger partial charge is 1.00 e. The van der Waals surface area contributed by atoms with Gasteiger partial charge in [0.15, 0.2) is 0 Å². The largest absolute Gasteiger partial charge is 1.00 e. The molecule has 0 aromatic carbocycles. The second kappa shape index (κ2) is 9.40. The SMILES string of the molecule is CCCl.O=P(O)(O)O.[H-].[Na+]. The minimum absolute atomic E-state index is 0. The van der Waals surface area contributed by atoms with Crippen LogP contribution in [-0.2, 0) is 4.57 Å². The van der Waals surface area contributed by atoms with E-state index in [0.717, 1.165) is 5.88 Å². The molecule has 0 aliphatic heterocycles. The zero-order chi connectivity index (χ0) is 7.21. The van der Waals surface area contributed by atoms with E-state index in [4.69, 9.17) is 30.8 Å². The monoisotopic (exact) mass is 186 g/mol. The summed E-state index contributed by atoms with van der Waals surface area (Å²) in [5.41, 5.74) is 0. The van der Waals surface area contributed by atoms with Crippen LogP contribution in [0.5, 0.6) is 0 Å². The Balaban J connectivity index is -0.0000000326. The van der Waals surface area contributed by atoms with Crippen LogP contribution >= 0.6 is 19.4 Å². The van der Waals surface area contributed by atoms with Gasteiger partial charge < -0.3 is 16.1 Å². The first-order valence-corrected chi connectivity index (χ1v) is 3.86. The van der Waals surface area contributed by atoms with Gasteiger partial charge in [0.2, 0.25) is 0 Å². The third-order valence-corrected chi connectivity index (χ3v) is 0. The average molecular weight is 187 g/mol. The Bertz CT molecular complexity index is 79.1. The Morgan fingerprint density at radius 1 is 1.56 bits per heavy atom. The van der Waals surface area contributed by atoms with Crippen LogP contribution in [0.1, 0.15) is 8.35 Å². The molecule has 0 aliphatic rings. The summed E-state index contributed by atoms with van der Waals surface area (Å²) in [7, 11) is -4.64. The topological polar surface area (TPSA) is 77.8 Å². The van der Waals surface area contributed by atoms with Crippen LogP contribution in [0, 0.1) is 0 Å². The standard InChI is InChI=1S/C2H5Cl.Na.H3O4P.H/c1-2-3;;1-5(2,3)4;/h2H2,1H3;;(H3,1,2,3,4);/q;+1;;-1. The molecule has 0 unspecified atom stereocenters. The molecule has 0 bridgehead atoms. The van der Waals surface area contributed by atoms with Gasteiger partial charge in [-0.3, -0.25) is 0 Å². The van der Waals surface area contributed by atoms with E-state index >= 15 is 0 Å². The number of phosphoric acid groups is 1. The molecule has 0 spiro atoms. The van der Waals surface area contributed by atoms with Crippen molar-refractivity contribution in [1.29, 1.82) is 0 Å². The molecule has 0 heterocycles. The number of halogens is 1. The van der Waals surface area contributed by atoms with Crippen LogP contribution in [-0.4, -0.2) is 20.6 Å². The number of rotatable bonds is 0. The normalized spacial score (nSPS) is 8.56. The maximum atomic E-state index is 8.88. The predicted molar refractivity (Wildman–Crippen MR) is 31.8 cm³/mol. The zero-order valence-electron chi connectivity index (χ0n) is 6.28. The molecular weight excluding hydrogens is 177 g/mol. The molecule has 0 saturated carbocycles. The third-order valence-electron chi connectivity index (χ3n) is 0. The van der Waals surface area contributed by atoms with Crippen LogP contribution in [0.25, 0.3) is 0 Å². The Morgan fingerprint density at radius 3 is 1.56 bits per heavy atom. The van der Waals surface area contributed by atoms with Gasteiger partial charge in [-0.1, -0.05) is 6.92 Å². The van der Waals surface area contributed by atoms with E-state index in [9.17, 15) is 0 Å². The molecule has 0 rings (SSSR count). The van der Waals surface area contributed by atoms with Gasteiger partial charge in [0, 0.05) is 5.88 Å². The molecule has 0 amide bonds. The van der Waals surface area contributed by atoms with Gasteiger partial charge >= 0.3 is 37.4 Å². The van der Waals surface area contributed by atoms with Crippen molar-refractivity contribution in [2.45, 2.75) is 6.92 Å². The van der Waals surface area contributed by atoms with Crippen LogP contribution < -0.4 is 29.6 Å². The fourth-order valence-electron chi connectivity index (χ4n) is 0. The predicted octanol–water partition coefficient (Wildman–Crippen LogP) is -2.57.